The molecule has 1 aromatic carbocycles. The van der Waals surface area contributed by atoms with Crippen LogP contribution in [0, 0.1) is 0 Å². The molecule has 4 heteroatoms. The van der Waals surface area contributed by atoms with Gasteiger partial charge in [-0.15, -0.1) is 0 Å². The first-order valence-electron chi connectivity index (χ1n) is 3.74. The van der Waals surface area contributed by atoms with Crippen LogP contribution in [-0.4, -0.2) is 5.11 Å². The van der Waals surface area contributed by atoms with Gasteiger partial charge in [0.15, 0.2) is 0 Å². The van der Waals surface area contributed by atoms with Crippen LogP contribution in [0.5, 0.6) is 5.75 Å². The van der Waals surface area contributed by atoms with Gasteiger partial charge in [0.05, 0.1) is 0 Å². The van der Waals surface area contributed by atoms with Crippen molar-refractivity contribution in [2.24, 2.45) is 0 Å². The second-order valence-corrected chi connectivity index (χ2v) is 2.65. The van der Waals surface area contributed by atoms with Crippen LogP contribution in [0.25, 0.3) is 0 Å². The first-order valence-corrected chi connectivity index (χ1v) is 3.74. The molecule has 0 aromatic heterocycles. The molecule has 1 nitrogen and oxygen atoms in total. The van der Waals surface area contributed by atoms with Crippen molar-refractivity contribution in [2.75, 3.05) is 0 Å². The fraction of sp³-hybridized carbons (Fsp3) is 0.333. The Kier molecular flexibility index (Phi) is 3.17. The highest BCUT2D eigenvalue weighted by Crippen LogP contribution is 2.25. The molecule has 0 bridgehead atoms. The van der Waals surface area contributed by atoms with Crippen LogP contribution in [0.15, 0.2) is 12.1 Å². The number of halogens is 3. The summed E-state index contributed by atoms with van der Waals surface area (Å²) >= 11 is 0. The maximum atomic E-state index is 12.3. The minimum Gasteiger partial charge on any atom is -0.508 e. The second kappa shape index (κ2) is 4.16. The summed E-state index contributed by atoms with van der Waals surface area (Å²) in [6.07, 6.45) is 0. The van der Waals surface area contributed by atoms with E-state index in [0.717, 1.165) is 6.07 Å². The van der Waals surface area contributed by atoms with Gasteiger partial charge in [-0.2, -0.15) is 0 Å². The van der Waals surface area contributed by atoms with Crippen molar-refractivity contribution >= 4 is 0 Å². The minimum absolute atomic E-state index is 0.00940. The summed E-state index contributed by atoms with van der Waals surface area (Å²) in [4.78, 5) is 0. The van der Waals surface area contributed by atoms with Crippen molar-refractivity contribution in [3.05, 3.63) is 28.8 Å². The molecule has 1 rings (SSSR count). The number of alkyl halides is 3. The Morgan fingerprint density at radius 2 is 1.69 bits per heavy atom. The molecule has 1 N–H and O–H groups in total. The summed E-state index contributed by atoms with van der Waals surface area (Å²) in [5.74, 6) is -0.384. The Balaban J connectivity index is 3.20. The van der Waals surface area contributed by atoms with Crippen LogP contribution < -0.4 is 0 Å². The summed E-state index contributed by atoms with van der Waals surface area (Å²) in [7, 11) is 0. The van der Waals surface area contributed by atoms with E-state index in [0.29, 0.717) is 0 Å². The zero-order chi connectivity index (χ0) is 9.84. The van der Waals surface area contributed by atoms with E-state index in [-0.39, 0.29) is 22.4 Å². The van der Waals surface area contributed by atoms with E-state index in [9.17, 15) is 13.2 Å². The molecular weight excluding hydrogens is 181 g/mol. The Morgan fingerprint density at radius 1 is 1.00 bits per heavy atom. The molecule has 0 fully saturated rings. The number of hydrogen-bond acceptors (Lipinski definition) is 1. The number of rotatable bonds is 3. The van der Waals surface area contributed by atoms with Crippen molar-refractivity contribution in [2.45, 2.75) is 20.0 Å². The standard InChI is InChI=1S/C9H9F3O/c10-3-6-1-7(4-11)8(5-12)9(13)2-6/h1-2,13H,3-5H2. The number of hydrogen-bond donors (Lipinski definition) is 1. The molecular formula is C9H9F3O. The van der Waals surface area contributed by atoms with Crippen molar-refractivity contribution in [3.8, 4) is 5.75 Å². The van der Waals surface area contributed by atoms with E-state index in [1.165, 1.54) is 6.07 Å². The monoisotopic (exact) mass is 190 g/mol. The normalized spacial score (nSPS) is 10.4. The lowest BCUT2D eigenvalue weighted by molar-refractivity contribution is 0.414. The van der Waals surface area contributed by atoms with Gasteiger partial charge in [0.2, 0.25) is 0 Å². The fourth-order valence-electron chi connectivity index (χ4n) is 1.13. The summed E-state index contributed by atoms with van der Waals surface area (Å²) in [5.41, 5.74) is 0.0669. The molecule has 0 spiro atoms. The third kappa shape index (κ3) is 1.94. The zero-order valence-corrected chi connectivity index (χ0v) is 6.86. The molecule has 0 saturated carbocycles. The predicted octanol–water partition coefficient (Wildman–Crippen LogP) is 2.80. The summed E-state index contributed by atoms with van der Waals surface area (Å²) in [6.45, 7) is -2.65. The van der Waals surface area contributed by atoms with E-state index in [2.05, 4.69) is 0 Å². The highest BCUT2D eigenvalue weighted by atomic mass is 19.1. The molecule has 0 amide bonds. The molecule has 13 heavy (non-hydrogen) atoms. The van der Waals surface area contributed by atoms with Crippen molar-refractivity contribution in [1.29, 1.82) is 0 Å². The van der Waals surface area contributed by atoms with Gasteiger partial charge < -0.3 is 5.11 Å². The first kappa shape index (κ1) is 9.89. The van der Waals surface area contributed by atoms with Gasteiger partial charge >= 0.3 is 0 Å². The smallest absolute Gasteiger partial charge is 0.122 e. The van der Waals surface area contributed by atoms with Gasteiger partial charge in [0.25, 0.3) is 0 Å². The van der Waals surface area contributed by atoms with Crippen LogP contribution >= 0.6 is 0 Å². The first-order chi connectivity index (χ1) is 6.22. The van der Waals surface area contributed by atoms with Crippen LogP contribution in [0.3, 0.4) is 0 Å². The minimum atomic E-state index is -0.947. The lowest BCUT2D eigenvalue weighted by Crippen LogP contribution is -1.93. The highest BCUT2D eigenvalue weighted by molar-refractivity contribution is 5.42. The van der Waals surface area contributed by atoms with Gasteiger partial charge in [-0.25, -0.2) is 13.2 Å². The topological polar surface area (TPSA) is 20.2 Å². The number of phenolic OH excluding ortho intramolecular Hbond substituents is 1. The van der Waals surface area contributed by atoms with Gasteiger partial charge in [-0.1, -0.05) is 0 Å². The molecule has 1 aromatic rings. The summed E-state index contributed by atoms with van der Waals surface area (Å²) < 4.78 is 36.6. The maximum Gasteiger partial charge on any atom is 0.122 e. The van der Waals surface area contributed by atoms with E-state index >= 15 is 0 Å². The van der Waals surface area contributed by atoms with E-state index in [1.54, 1.807) is 0 Å². The Morgan fingerprint density at radius 3 is 2.15 bits per heavy atom. The molecule has 0 aliphatic carbocycles. The van der Waals surface area contributed by atoms with E-state index in [1.807, 2.05) is 0 Å². The summed E-state index contributed by atoms with van der Waals surface area (Å²) in [6, 6.07) is 2.32. The Labute approximate surface area is 73.8 Å². The third-order valence-corrected chi connectivity index (χ3v) is 1.81. The quantitative estimate of drug-likeness (QED) is 0.776. The molecule has 0 aliphatic rings. The SMILES string of the molecule is Oc1cc(CF)cc(CF)c1CF. The third-order valence-electron chi connectivity index (χ3n) is 1.81. The molecule has 0 aliphatic heterocycles. The van der Waals surface area contributed by atoms with E-state index < -0.39 is 20.0 Å². The Bertz CT molecular complexity index is 299. The average molecular weight is 190 g/mol. The van der Waals surface area contributed by atoms with Crippen molar-refractivity contribution < 1.29 is 18.3 Å². The van der Waals surface area contributed by atoms with Crippen LogP contribution in [0.2, 0.25) is 0 Å². The molecule has 0 atom stereocenters. The lowest BCUT2D eigenvalue weighted by atomic mass is 10.0. The van der Waals surface area contributed by atoms with E-state index in [4.69, 9.17) is 5.11 Å². The predicted molar refractivity (Wildman–Crippen MR) is 42.5 cm³/mol. The van der Waals surface area contributed by atoms with Gasteiger partial charge in [0.1, 0.15) is 25.8 Å². The number of aromatic hydroxyl groups is 1. The van der Waals surface area contributed by atoms with Crippen molar-refractivity contribution in [3.63, 3.8) is 0 Å². The number of benzene rings is 1. The van der Waals surface area contributed by atoms with Crippen LogP contribution in [-0.2, 0) is 20.0 Å². The molecule has 0 saturated heterocycles. The van der Waals surface area contributed by atoms with Gasteiger partial charge in [0, 0.05) is 5.56 Å². The molecule has 0 unspecified atom stereocenters. The fourth-order valence-corrected chi connectivity index (χ4v) is 1.13. The lowest BCUT2D eigenvalue weighted by Gasteiger charge is -2.07. The van der Waals surface area contributed by atoms with Gasteiger partial charge in [-0.3, -0.25) is 0 Å². The zero-order valence-electron chi connectivity index (χ0n) is 6.86. The Hall–Kier alpha value is -1.19. The highest BCUT2D eigenvalue weighted by Gasteiger charge is 2.09. The molecule has 72 valence electrons. The summed E-state index contributed by atoms with van der Waals surface area (Å²) in [5, 5.41) is 9.16. The average Bonchev–Trinajstić information content (AvgIpc) is 2.16. The van der Waals surface area contributed by atoms with Crippen LogP contribution in [0.4, 0.5) is 13.2 Å². The van der Waals surface area contributed by atoms with Crippen molar-refractivity contribution in [1.82, 2.24) is 0 Å². The number of phenols is 1. The largest absolute Gasteiger partial charge is 0.508 e. The second-order valence-electron chi connectivity index (χ2n) is 2.65. The van der Waals surface area contributed by atoms with Crippen LogP contribution in [0.1, 0.15) is 16.7 Å². The maximum absolute atomic E-state index is 12.3. The molecule has 0 radical (unpaired) electrons. The molecule has 0 heterocycles. The van der Waals surface area contributed by atoms with Gasteiger partial charge in [-0.05, 0) is 23.3 Å².